The first-order valence-corrected chi connectivity index (χ1v) is 9.37. The van der Waals surface area contributed by atoms with Crippen LogP contribution in [0.3, 0.4) is 0 Å². The highest BCUT2D eigenvalue weighted by molar-refractivity contribution is 7.99. The largest absolute Gasteiger partial charge is 0.305 e. The van der Waals surface area contributed by atoms with Crippen LogP contribution in [0, 0.1) is 5.82 Å². The third kappa shape index (κ3) is 4.56. The summed E-state index contributed by atoms with van der Waals surface area (Å²) in [5.74, 6) is -0.256. The van der Waals surface area contributed by atoms with Crippen molar-refractivity contribution in [2.75, 3.05) is 20.4 Å². The van der Waals surface area contributed by atoms with Crippen molar-refractivity contribution >= 4 is 21.6 Å². The van der Waals surface area contributed by atoms with Crippen LogP contribution in [0.1, 0.15) is 5.56 Å². The smallest absolute Gasteiger partial charge is 0.175 e. The zero-order chi connectivity index (χ0) is 16.3. The standard InChI is InChI=1S/C16H18FNO2S2/c1-18(2)11-12-10-13(17)4-9-16(12)21-14-5-7-15(8-6-14)22(3,19)20/h4-10H,11H2,1-3H3. The molecule has 0 spiro atoms. The third-order valence-electron chi connectivity index (χ3n) is 2.99. The first kappa shape index (κ1) is 17.0. The van der Waals surface area contributed by atoms with Gasteiger partial charge in [-0.15, -0.1) is 0 Å². The highest BCUT2D eigenvalue weighted by Gasteiger charge is 2.09. The van der Waals surface area contributed by atoms with Gasteiger partial charge in [0.2, 0.25) is 0 Å². The zero-order valence-corrected chi connectivity index (χ0v) is 14.3. The lowest BCUT2D eigenvalue weighted by atomic mass is 10.2. The average Bonchev–Trinajstić information content (AvgIpc) is 2.41. The van der Waals surface area contributed by atoms with Gasteiger partial charge in [-0.3, -0.25) is 0 Å². The van der Waals surface area contributed by atoms with Crippen molar-refractivity contribution in [3.05, 3.63) is 53.8 Å². The molecule has 0 aliphatic heterocycles. The second kappa shape index (κ2) is 6.81. The molecule has 0 saturated carbocycles. The average molecular weight is 339 g/mol. The SMILES string of the molecule is CN(C)Cc1cc(F)ccc1Sc1ccc(S(C)(=O)=O)cc1. The summed E-state index contributed by atoms with van der Waals surface area (Å²) in [6, 6.07) is 11.4. The van der Waals surface area contributed by atoms with Crippen LogP contribution in [0.25, 0.3) is 0 Å². The molecule has 0 amide bonds. The van der Waals surface area contributed by atoms with Gasteiger partial charge in [-0.25, -0.2) is 12.8 Å². The van der Waals surface area contributed by atoms with E-state index in [2.05, 4.69) is 0 Å². The molecule has 0 bridgehead atoms. The van der Waals surface area contributed by atoms with Crippen molar-refractivity contribution in [2.24, 2.45) is 0 Å². The number of sulfone groups is 1. The molecule has 2 aromatic carbocycles. The Bertz CT molecular complexity index is 756. The zero-order valence-electron chi connectivity index (χ0n) is 12.7. The monoisotopic (exact) mass is 339 g/mol. The Balaban J connectivity index is 2.27. The Hall–Kier alpha value is -1.37. The highest BCUT2D eigenvalue weighted by Crippen LogP contribution is 2.32. The van der Waals surface area contributed by atoms with Gasteiger partial charge in [0.15, 0.2) is 9.84 Å². The molecule has 0 unspecified atom stereocenters. The third-order valence-corrected chi connectivity index (χ3v) is 5.24. The molecule has 2 rings (SSSR count). The van der Waals surface area contributed by atoms with Crippen molar-refractivity contribution in [3.8, 4) is 0 Å². The van der Waals surface area contributed by atoms with E-state index >= 15 is 0 Å². The van der Waals surface area contributed by atoms with Crippen LogP contribution >= 0.6 is 11.8 Å². The summed E-state index contributed by atoms with van der Waals surface area (Å²) in [5.41, 5.74) is 0.905. The molecule has 0 heterocycles. The number of nitrogens with zero attached hydrogens (tertiary/aromatic N) is 1. The fourth-order valence-electron chi connectivity index (χ4n) is 1.99. The van der Waals surface area contributed by atoms with Crippen LogP contribution < -0.4 is 0 Å². The Kier molecular flexibility index (Phi) is 5.26. The van der Waals surface area contributed by atoms with E-state index in [1.54, 1.807) is 30.3 Å². The van der Waals surface area contributed by atoms with Crippen LogP contribution in [-0.4, -0.2) is 33.7 Å². The molecular formula is C16H18FNO2S2. The molecule has 118 valence electrons. The highest BCUT2D eigenvalue weighted by atomic mass is 32.2. The van der Waals surface area contributed by atoms with Gasteiger partial charge < -0.3 is 4.90 Å². The maximum atomic E-state index is 13.4. The van der Waals surface area contributed by atoms with E-state index in [1.807, 2.05) is 19.0 Å². The van der Waals surface area contributed by atoms with Crippen LogP contribution in [0.5, 0.6) is 0 Å². The van der Waals surface area contributed by atoms with Crippen LogP contribution in [0.2, 0.25) is 0 Å². The molecule has 6 heteroatoms. The molecule has 0 saturated heterocycles. The number of hydrogen-bond donors (Lipinski definition) is 0. The quantitative estimate of drug-likeness (QED) is 0.836. The Morgan fingerprint density at radius 2 is 1.73 bits per heavy atom. The number of rotatable bonds is 5. The number of halogens is 1. The second-order valence-corrected chi connectivity index (χ2v) is 8.47. The molecule has 2 aromatic rings. The first-order chi connectivity index (χ1) is 10.3. The molecule has 0 aliphatic carbocycles. The van der Waals surface area contributed by atoms with Crippen molar-refractivity contribution in [1.82, 2.24) is 4.90 Å². The van der Waals surface area contributed by atoms with Gasteiger partial charge in [-0.2, -0.15) is 0 Å². The van der Waals surface area contributed by atoms with Gasteiger partial charge in [0.1, 0.15) is 5.82 Å². The Morgan fingerprint density at radius 1 is 1.09 bits per heavy atom. The molecule has 0 aliphatic rings. The molecule has 0 fully saturated rings. The van der Waals surface area contributed by atoms with Gasteiger partial charge in [0, 0.05) is 22.6 Å². The maximum absolute atomic E-state index is 13.4. The van der Waals surface area contributed by atoms with E-state index in [-0.39, 0.29) is 5.82 Å². The topological polar surface area (TPSA) is 37.4 Å². The fourth-order valence-corrected chi connectivity index (χ4v) is 3.54. The van der Waals surface area contributed by atoms with E-state index in [0.717, 1.165) is 15.4 Å². The fraction of sp³-hybridized carbons (Fsp3) is 0.250. The molecule has 0 atom stereocenters. The van der Waals surface area contributed by atoms with Gasteiger partial charge >= 0.3 is 0 Å². The van der Waals surface area contributed by atoms with E-state index in [0.29, 0.717) is 11.4 Å². The van der Waals surface area contributed by atoms with Crippen LogP contribution in [0.15, 0.2) is 57.2 Å². The van der Waals surface area contributed by atoms with Crippen molar-refractivity contribution in [3.63, 3.8) is 0 Å². The van der Waals surface area contributed by atoms with Crippen molar-refractivity contribution < 1.29 is 12.8 Å². The van der Waals surface area contributed by atoms with Crippen molar-refractivity contribution in [2.45, 2.75) is 21.2 Å². The van der Waals surface area contributed by atoms with Crippen LogP contribution in [-0.2, 0) is 16.4 Å². The normalized spacial score (nSPS) is 11.9. The lowest BCUT2D eigenvalue weighted by molar-refractivity contribution is 0.398. The van der Waals surface area contributed by atoms with Gasteiger partial charge in [-0.05, 0) is 62.1 Å². The van der Waals surface area contributed by atoms with E-state index in [9.17, 15) is 12.8 Å². The summed E-state index contributed by atoms with van der Waals surface area (Å²) < 4.78 is 36.3. The maximum Gasteiger partial charge on any atom is 0.175 e. The summed E-state index contributed by atoms with van der Waals surface area (Å²) in [7, 11) is 0.674. The first-order valence-electron chi connectivity index (χ1n) is 6.67. The summed E-state index contributed by atoms with van der Waals surface area (Å²) in [5, 5.41) is 0. The van der Waals surface area contributed by atoms with Gasteiger partial charge in [0.25, 0.3) is 0 Å². The molecule has 22 heavy (non-hydrogen) atoms. The predicted octanol–water partition coefficient (Wildman–Crippen LogP) is 3.44. The minimum absolute atomic E-state index is 0.256. The lowest BCUT2D eigenvalue weighted by Crippen LogP contribution is -2.11. The number of benzene rings is 2. The van der Waals surface area contributed by atoms with E-state index in [1.165, 1.54) is 30.2 Å². The van der Waals surface area contributed by atoms with Gasteiger partial charge in [0.05, 0.1) is 4.90 Å². The molecular weight excluding hydrogens is 321 g/mol. The second-order valence-electron chi connectivity index (χ2n) is 5.34. The van der Waals surface area contributed by atoms with E-state index in [4.69, 9.17) is 0 Å². The minimum atomic E-state index is -3.19. The van der Waals surface area contributed by atoms with Gasteiger partial charge in [-0.1, -0.05) is 11.8 Å². The molecule has 0 radical (unpaired) electrons. The Morgan fingerprint density at radius 3 is 2.27 bits per heavy atom. The summed E-state index contributed by atoms with van der Waals surface area (Å²) in [6.07, 6.45) is 1.18. The summed E-state index contributed by atoms with van der Waals surface area (Å²) in [4.78, 5) is 4.15. The van der Waals surface area contributed by atoms with Crippen LogP contribution in [0.4, 0.5) is 4.39 Å². The molecule has 0 aromatic heterocycles. The predicted molar refractivity (Wildman–Crippen MR) is 87.5 cm³/mol. The van der Waals surface area contributed by atoms with Crippen molar-refractivity contribution in [1.29, 1.82) is 0 Å². The lowest BCUT2D eigenvalue weighted by Gasteiger charge is -2.14. The summed E-state index contributed by atoms with van der Waals surface area (Å²) >= 11 is 1.50. The molecule has 3 nitrogen and oxygen atoms in total. The minimum Gasteiger partial charge on any atom is -0.305 e. The molecule has 0 N–H and O–H groups in total. The Labute approximate surface area is 135 Å². The van der Waals surface area contributed by atoms with E-state index < -0.39 is 9.84 Å². The summed E-state index contributed by atoms with van der Waals surface area (Å²) in [6.45, 7) is 0.640. The number of hydrogen-bond acceptors (Lipinski definition) is 4.